The zero-order valence-corrected chi connectivity index (χ0v) is 12.9. The Morgan fingerprint density at radius 1 is 1.16 bits per heavy atom. The third-order valence-corrected chi connectivity index (χ3v) is 4.12. The minimum atomic E-state index is 0.252. The molecule has 1 aromatic rings. The highest BCUT2D eigenvalue weighted by Crippen LogP contribution is 2.24. The van der Waals surface area contributed by atoms with Crippen molar-refractivity contribution in [3.8, 4) is 0 Å². The van der Waals surface area contributed by atoms with Crippen molar-refractivity contribution in [3.63, 3.8) is 0 Å². The molecule has 0 bridgehead atoms. The van der Waals surface area contributed by atoms with Crippen LogP contribution in [-0.2, 0) is 11.8 Å². The Kier molecular flexibility index (Phi) is 4.64. The zero-order valence-electron chi connectivity index (χ0n) is 12.9. The summed E-state index contributed by atoms with van der Waals surface area (Å²) < 4.78 is 0. The first kappa shape index (κ1) is 14.5. The van der Waals surface area contributed by atoms with Gasteiger partial charge in [-0.1, -0.05) is 39.0 Å². The molecule has 0 spiro atoms. The third-order valence-electron chi connectivity index (χ3n) is 4.12. The molecule has 1 saturated heterocycles. The largest absolute Gasteiger partial charge is 0.314 e. The van der Waals surface area contributed by atoms with Crippen molar-refractivity contribution in [1.82, 2.24) is 10.2 Å². The minimum absolute atomic E-state index is 0.252. The topological polar surface area (TPSA) is 15.3 Å². The van der Waals surface area contributed by atoms with Gasteiger partial charge >= 0.3 is 0 Å². The summed E-state index contributed by atoms with van der Waals surface area (Å²) in [6.45, 7) is 15.0. The lowest BCUT2D eigenvalue weighted by Gasteiger charge is -2.27. The van der Waals surface area contributed by atoms with Gasteiger partial charge in [-0.2, -0.15) is 0 Å². The van der Waals surface area contributed by atoms with Crippen LogP contribution in [0.15, 0.2) is 18.2 Å². The van der Waals surface area contributed by atoms with Gasteiger partial charge in [0.15, 0.2) is 0 Å². The van der Waals surface area contributed by atoms with E-state index in [0.29, 0.717) is 0 Å². The van der Waals surface area contributed by atoms with Crippen LogP contribution < -0.4 is 5.32 Å². The van der Waals surface area contributed by atoms with Crippen LogP contribution >= 0.6 is 0 Å². The van der Waals surface area contributed by atoms with Gasteiger partial charge < -0.3 is 10.2 Å². The molecule has 0 unspecified atom stereocenters. The van der Waals surface area contributed by atoms with Crippen molar-refractivity contribution in [2.45, 2.75) is 39.5 Å². The summed E-state index contributed by atoms with van der Waals surface area (Å²) in [5.74, 6) is 0. The van der Waals surface area contributed by atoms with Crippen molar-refractivity contribution in [2.24, 2.45) is 0 Å². The Morgan fingerprint density at radius 2 is 1.84 bits per heavy atom. The maximum atomic E-state index is 3.41. The fourth-order valence-electron chi connectivity index (χ4n) is 2.66. The number of nitrogens with zero attached hydrogens (tertiary/aromatic N) is 1. The second-order valence-electron chi connectivity index (χ2n) is 6.73. The molecule has 0 aromatic heterocycles. The molecule has 0 amide bonds. The molecule has 0 atom stereocenters. The standard InChI is InChI=1S/C17H28N2/c1-14-13-16(17(2,3)4)6-5-15(14)7-10-19-11-8-18-9-12-19/h5-6,13,18H,7-12H2,1-4H3. The van der Waals surface area contributed by atoms with Gasteiger partial charge in [0.25, 0.3) is 0 Å². The van der Waals surface area contributed by atoms with E-state index in [-0.39, 0.29) is 5.41 Å². The lowest BCUT2D eigenvalue weighted by atomic mass is 9.85. The molecule has 106 valence electrons. The molecule has 1 aromatic carbocycles. The summed E-state index contributed by atoms with van der Waals surface area (Å²) in [4.78, 5) is 2.56. The molecule has 0 saturated carbocycles. The average Bonchev–Trinajstić information content (AvgIpc) is 2.37. The smallest absolute Gasteiger partial charge is 0.0108 e. The van der Waals surface area contributed by atoms with E-state index in [9.17, 15) is 0 Å². The number of nitrogens with one attached hydrogen (secondary N) is 1. The number of aryl methyl sites for hydroxylation is 1. The molecule has 0 aliphatic carbocycles. The maximum Gasteiger partial charge on any atom is 0.0108 e. The zero-order chi connectivity index (χ0) is 13.9. The third kappa shape index (κ3) is 4.05. The fourth-order valence-corrected chi connectivity index (χ4v) is 2.66. The molecule has 2 nitrogen and oxygen atoms in total. The van der Waals surface area contributed by atoms with Crippen molar-refractivity contribution in [1.29, 1.82) is 0 Å². The highest BCUT2D eigenvalue weighted by Gasteiger charge is 2.15. The second-order valence-corrected chi connectivity index (χ2v) is 6.73. The van der Waals surface area contributed by atoms with E-state index in [1.165, 1.54) is 42.7 Å². The van der Waals surface area contributed by atoms with E-state index >= 15 is 0 Å². The van der Waals surface area contributed by atoms with Crippen molar-refractivity contribution >= 4 is 0 Å². The summed E-state index contributed by atoms with van der Waals surface area (Å²) in [7, 11) is 0. The first-order chi connectivity index (χ1) is 8.97. The quantitative estimate of drug-likeness (QED) is 0.899. The van der Waals surface area contributed by atoms with Crippen LogP contribution in [0.3, 0.4) is 0 Å². The van der Waals surface area contributed by atoms with Gasteiger partial charge in [-0.3, -0.25) is 0 Å². The van der Waals surface area contributed by atoms with E-state index in [0.717, 1.165) is 13.1 Å². The summed E-state index contributed by atoms with van der Waals surface area (Å²) in [5, 5.41) is 3.41. The Labute approximate surface area is 118 Å². The van der Waals surface area contributed by atoms with Gasteiger partial charge in [0.1, 0.15) is 0 Å². The maximum absolute atomic E-state index is 3.41. The molecule has 1 aliphatic heterocycles. The lowest BCUT2D eigenvalue weighted by Crippen LogP contribution is -2.44. The van der Waals surface area contributed by atoms with Gasteiger partial charge in [0, 0.05) is 32.7 Å². The number of hydrogen-bond acceptors (Lipinski definition) is 2. The van der Waals surface area contributed by atoms with Gasteiger partial charge in [0.2, 0.25) is 0 Å². The van der Waals surface area contributed by atoms with Crippen LogP contribution in [0.25, 0.3) is 0 Å². The predicted octanol–water partition coefficient (Wildman–Crippen LogP) is 2.74. The molecule has 1 heterocycles. The highest BCUT2D eigenvalue weighted by molar-refractivity contribution is 5.34. The van der Waals surface area contributed by atoms with Crippen LogP contribution in [0.2, 0.25) is 0 Å². The molecule has 1 aliphatic rings. The Balaban J connectivity index is 1.97. The average molecular weight is 260 g/mol. The monoisotopic (exact) mass is 260 g/mol. The van der Waals surface area contributed by atoms with E-state index in [4.69, 9.17) is 0 Å². The Hall–Kier alpha value is -0.860. The molecular weight excluding hydrogens is 232 g/mol. The summed E-state index contributed by atoms with van der Waals surface area (Å²) in [5.41, 5.74) is 4.65. The van der Waals surface area contributed by atoms with E-state index < -0.39 is 0 Å². The highest BCUT2D eigenvalue weighted by atomic mass is 15.2. The molecule has 19 heavy (non-hydrogen) atoms. The summed E-state index contributed by atoms with van der Waals surface area (Å²) in [6, 6.07) is 7.01. The molecular formula is C17H28N2. The molecule has 0 radical (unpaired) electrons. The van der Waals surface area contributed by atoms with Crippen molar-refractivity contribution in [3.05, 3.63) is 34.9 Å². The van der Waals surface area contributed by atoms with Gasteiger partial charge in [-0.05, 0) is 35.4 Å². The van der Waals surface area contributed by atoms with E-state index in [1.807, 2.05) is 0 Å². The number of hydrogen-bond donors (Lipinski definition) is 1. The summed E-state index contributed by atoms with van der Waals surface area (Å²) >= 11 is 0. The second kappa shape index (κ2) is 6.06. The normalized spacial score (nSPS) is 17.7. The summed E-state index contributed by atoms with van der Waals surface area (Å²) in [6.07, 6.45) is 1.18. The number of piperazine rings is 1. The molecule has 1 N–H and O–H groups in total. The Morgan fingerprint density at radius 3 is 2.42 bits per heavy atom. The van der Waals surface area contributed by atoms with Crippen LogP contribution in [0.4, 0.5) is 0 Å². The van der Waals surface area contributed by atoms with E-state index in [1.54, 1.807) is 0 Å². The van der Waals surface area contributed by atoms with Crippen LogP contribution in [0, 0.1) is 6.92 Å². The van der Waals surface area contributed by atoms with Crippen LogP contribution in [-0.4, -0.2) is 37.6 Å². The molecule has 2 heteroatoms. The fraction of sp³-hybridized carbons (Fsp3) is 0.647. The van der Waals surface area contributed by atoms with Gasteiger partial charge in [-0.15, -0.1) is 0 Å². The van der Waals surface area contributed by atoms with Crippen LogP contribution in [0.5, 0.6) is 0 Å². The molecule has 2 rings (SSSR count). The number of benzene rings is 1. The van der Waals surface area contributed by atoms with Gasteiger partial charge in [0.05, 0.1) is 0 Å². The van der Waals surface area contributed by atoms with E-state index in [2.05, 4.69) is 56.1 Å². The lowest BCUT2D eigenvalue weighted by molar-refractivity contribution is 0.244. The predicted molar refractivity (Wildman–Crippen MR) is 82.9 cm³/mol. The Bertz CT molecular complexity index is 412. The minimum Gasteiger partial charge on any atom is -0.314 e. The van der Waals surface area contributed by atoms with Crippen molar-refractivity contribution < 1.29 is 0 Å². The van der Waals surface area contributed by atoms with Crippen LogP contribution in [0.1, 0.15) is 37.5 Å². The first-order valence-corrected chi connectivity index (χ1v) is 7.50. The van der Waals surface area contributed by atoms with Crippen molar-refractivity contribution in [2.75, 3.05) is 32.7 Å². The molecule has 1 fully saturated rings. The SMILES string of the molecule is Cc1cc(C(C)(C)C)ccc1CCN1CCNCC1. The number of rotatable bonds is 3. The van der Waals surface area contributed by atoms with Gasteiger partial charge in [-0.25, -0.2) is 0 Å². The first-order valence-electron chi connectivity index (χ1n) is 7.50.